The van der Waals surface area contributed by atoms with Crippen molar-refractivity contribution in [3.8, 4) is 0 Å². The summed E-state index contributed by atoms with van der Waals surface area (Å²) in [5.41, 5.74) is 1.08. The van der Waals surface area contributed by atoms with Crippen molar-refractivity contribution < 1.29 is 17.2 Å². The molecule has 2 aromatic carbocycles. The van der Waals surface area contributed by atoms with Crippen LogP contribution in [0.4, 0.5) is 8.78 Å². The number of sulfonamides is 1. The smallest absolute Gasteiger partial charge is 0.207 e. The van der Waals surface area contributed by atoms with E-state index >= 15 is 0 Å². The van der Waals surface area contributed by atoms with Gasteiger partial charge in [-0.2, -0.15) is 8.75 Å². The Labute approximate surface area is 135 Å². The van der Waals surface area contributed by atoms with E-state index in [-0.39, 0.29) is 10.4 Å². The Morgan fingerprint density at radius 3 is 2.65 bits per heavy atom. The molecule has 0 unspecified atom stereocenters. The molecular weight excluding hydrogens is 344 g/mol. The maximum absolute atomic E-state index is 13.3. The number of hydrogen-bond acceptors (Lipinski definition) is 5. The Kier molecular flexibility index (Phi) is 4.09. The van der Waals surface area contributed by atoms with E-state index in [1.807, 2.05) is 0 Å². The maximum atomic E-state index is 13.3. The van der Waals surface area contributed by atoms with Crippen LogP contribution in [-0.2, 0) is 10.0 Å². The van der Waals surface area contributed by atoms with E-state index in [1.165, 1.54) is 12.1 Å². The van der Waals surface area contributed by atoms with Gasteiger partial charge in [0.25, 0.3) is 0 Å². The minimum atomic E-state index is -3.89. The Morgan fingerprint density at radius 1 is 1.13 bits per heavy atom. The molecule has 120 valence electrons. The number of halogens is 2. The second-order valence-electron chi connectivity index (χ2n) is 4.90. The van der Waals surface area contributed by atoms with Crippen molar-refractivity contribution >= 4 is 32.8 Å². The van der Waals surface area contributed by atoms with E-state index in [0.717, 1.165) is 23.9 Å². The second kappa shape index (κ2) is 5.91. The van der Waals surface area contributed by atoms with E-state index in [1.54, 1.807) is 19.1 Å². The fourth-order valence-electron chi connectivity index (χ4n) is 2.14. The Morgan fingerprint density at radius 2 is 1.91 bits per heavy atom. The SMILES string of the molecule is C[C@H](NS(=O)(=O)c1cccc2nsnc12)c1ccc(F)c(F)c1. The van der Waals surface area contributed by atoms with Crippen LogP contribution in [0.2, 0.25) is 0 Å². The van der Waals surface area contributed by atoms with Gasteiger partial charge in [-0.15, -0.1) is 0 Å². The van der Waals surface area contributed by atoms with Crippen LogP contribution in [0.1, 0.15) is 18.5 Å². The lowest BCUT2D eigenvalue weighted by molar-refractivity contribution is 0.504. The van der Waals surface area contributed by atoms with Gasteiger partial charge in [-0.1, -0.05) is 12.1 Å². The molecule has 0 bridgehead atoms. The van der Waals surface area contributed by atoms with Crippen LogP contribution in [0, 0.1) is 11.6 Å². The second-order valence-corrected chi connectivity index (χ2v) is 7.12. The summed E-state index contributed by atoms with van der Waals surface area (Å²) in [5.74, 6) is -2.01. The zero-order valence-electron chi connectivity index (χ0n) is 11.8. The van der Waals surface area contributed by atoms with Crippen LogP contribution < -0.4 is 4.72 Å². The molecule has 0 aliphatic rings. The molecule has 0 aliphatic heterocycles. The molecule has 1 aromatic heterocycles. The minimum Gasteiger partial charge on any atom is -0.207 e. The fourth-order valence-corrected chi connectivity index (χ4v) is 4.14. The van der Waals surface area contributed by atoms with Gasteiger partial charge in [-0.05, 0) is 36.8 Å². The highest BCUT2D eigenvalue weighted by molar-refractivity contribution is 7.89. The Bertz CT molecular complexity index is 973. The van der Waals surface area contributed by atoms with Gasteiger partial charge in [0, 0.05) is 6.04 Å². The number of nitrogens with zero attached hydrogens (tertiary/aromatic N) is 2. The molecule has 0 amide bonds. The van der Waals surface area contributed by atoms with E-state index in [0.29, 0.717) is 11.1 Å². The maximum Gasteiger partial charge on any atom is 0.243 e. The van der Waals surface area contributed by atoms with Crippen LogP contribution in [0.5, 0.6) is 0 Å². The van der Waals surface area contributed by atoms with Gasteiger partial charge in [0.05, 0.1) is 11.7 Å². The minimum absolute atomic E-state index is 0.00168. The summed E-state index contributed by atoms with van der Waals surface area (Å²) < 4.78 is 61.8. The number of rotatable bonds is 4. The third kappa shape index (κ3) is 3.07. The fraction of sp³-hybridized carbons (Fsp3) is 0.143. The lowest BCUT2D eigenvalue weighted by Crippen LogP contribution is -2.27. The van der Waals surface area contributed by atoms with Crippen molar-refractivity contribution in [2.75, 3.05) is 0 Å². The van der Waals surface area contributed by atoms with Crippen molar-refractivity contribution in [3.05, 3.63) is 53.6 Å². The molecule has 0 aliphatic carbocycles. The van der Waals surface area contributed by atoms with Gasteiger partial charge in [0.15, 0.2) is 11.6 Å². The number of hydrogen-bond donors (Lipinski definition) is 1. The van der Waals surface area contributed by atoms with Crippen molar-refractivity contribution in [1.82, 2.24) is 13.5 Å². The predicted octanol–water partition coefficient (Wildman–Crippen LogP) is 3.01. The van der Waals surface area contributed by atoms with Gasteiger partial charge >= 0.3 is 0 Å². The monoisotopic (exact) mass is 355 g/mol. The highest BCUT2D eigenvalue weighted by Gasteiger charge is 2.22. The quantitative estimate of drug-likeness (QED) is 0.781. The molecule has 1 N–H and O–H groups in total. The molecule has 0 fully saturated rings. The van der Waals surface area contributed by atoms with Gasteiger partial charge in [0.1, 0.15) is 15.9 Å². The predicted molar refractivity (Wildman–Crippen MR) is 82.5 cm³/mol. The first kappa shape index (κ1) is 15.9. The van der Waals surface area contributed by atoms with E-state index in [2.05, 4.69) is 13.5 Å². The third-order valence-electron chi connectivity index (χ3n) is 3.31. The molecule has 0 spiro atoms. The zero-order valence-corrected chi connectivity index (χ0v) is 13.5. The first-order valence-electron chi connectivity index (χ1n) is 6.57. The van der Waals surface area contributed by atoms with Gasteiger partial charge in [0.2, 0.25) is 10.0 Å². The summed E-state index contributed by atoms with van der Waals surface area (Å²) in [6, 6.07) is 7.17. The molecule has 23 heavy (non-hydrogen) atoms. The number of fused-ring (bicyclic) bond motifs is 1. The van der Waals surface area contributed by atoms with Crippen molar-refractivity contribution in [1.29, 1.82) is 0 Å². The van der Waals surface area contributed by atoms with Crippen molar-refractivity contribution in [3.63, 3.8) is 0 Å². The van der Waals surface area contributed by atoms with Gasteiger partial charge < -0.3 is 0 Å². The topological polar surface area (TPSA) is 72.0 Å². The summed E-state index contributed by atoms with van der Waals surface area (Å²) >= 11 is 0.918. The normalized spacial score (nSPS) is 13.3. The number of benzene rings is 2. The van der Waals surface area contributed by atoms with E-state index in [9.17, 15) is 17.2 Å². The molecule has 1 atom stereocenters. The number of aromatic nitrogens is 2. The van der Waals surface area contributed by atoms with E-state index < -0.39 is 27.7 Å². The van der Waals surface area contributed by atoms with E-state index in [4.69, 9.17) is 0 Å². The summed E-state index contributed by atoms with van der Waals surface area (Å²) in [5, 5.41) is 0. The third-order valence-corrected chi connectivity index (χ3v) is 5.43. The summed E-state index contributed by atoms with van der Waals surface area (Å²) in [7, 11) is -3.89. The Hall–Kier alpha value is -1.97. The molecule has 5 nitrogen and oxygen atoms in total. The molecular formula is C14H11F2N3O2S2. The lowest BCUT2D eigenvalue weighted by Gasteiger charge is -2.15. The molecule has 0 saturated heterocycles. The standard InChI is InChI=1S/C14H11F2N3O2S2/c1-8(9-5-6-10(15)11(16)7-9)19-23(20,21)13-4-2-3-12-14(13)18-22-17-12/h2-8,19H,1H3/t8-/m0/s1. The van der Waals surface area contributed by atoms with Crippen LogP contribution in [0.3, 0.4) is 0 Å². The molecule has 1 heterocycles. The highest BCUT2D eigenvalue weighted by atomic mass is 32.2. The summed E-state index contributed by atoms with van der Waals surface area (Å²) in [6.07, 6.45) is 0. The van der Waals surface area contributed by atoms with Crippen LogP contribution in [0.25, 0.3) is 11.0 Å². The molecule has 0 radical (unpaired) electrons. The molecule has 9 heteroatoms. The summed E-state index contributed by atoms with van der Waals surface area (Å²) in [4.78, 5) is -0.00168. The average molecular weight is 355 g/mol. The van der Waals surface area contributed by atoms with Crippen LogP contribution in [-0.4, -0.2) is 17.2 Å². The first-order valence-corrected chi connectivity index (χ1v) is 8.78. The number of nitrogens with one attached hydrogen (secondary N) is 1. The largest absolute Gasteiger partial charge is 0.243 e. The van der Waals surface area contributed by atoms with Crippen molar-refractivity contribution in [2.24, 2.45) is 0 Å². The first-order chi connectivity index (χ1) is 10.9. The summed E-state index contributed by atoms with van der Waals surface area (Å²) in [6.45, 7) is 1.55. The van der Waals surface area contributed by atoms with Gasteiger partial charge in [-0.3, -0.25) is 0 Å². The molecule has 3 aromatic rings. The Balaban J connectivity index is 1.94. The highest BCUT2D eigenvalue weighted by Crippen LogP contribution is 2.24. The molecule has 0 saturated carbocycles. The average Bonchev–Trinajstić information content (AvgIpc) is 2.97. The van der Waals surface area contributed by atoms with Crippen LogP contribution in [0.15, 0.2) is 41.3 Å². The lowest BCUT2D eigenvalue weighted by atomic mass is 10.1. The molecule has 3 rings (SSSR count). The van der Waals surface area contributed by atoms with Crippen molar-refractivity contribution in [2.45, 2.75) is 17.9 Å². The van der Waals surface area contributed by atoms with Crippen LogP contribution >= 0.6 is 11.7 Å². The zero-order chi connectivity index (χ0) is 16.6. The van der Waals surface area contributed by atoms with Gasteiger partial charge in [-0.25, -0.2) is 21.9 Å².